The smallest absolute Gasteiger partial charge is 0.254 e. The Morgan fingerprint density at radius 1 is 1.06 bits per heavy atom. The predicted molar refractivity (Wildman–Crippen MR) is 267 cm³/mol. The van der Waals surface area contributed by atoms with Crippen LogP contribution in [0.15, 0.2) is 60.1 Å². The van der Waals surface area contributed by atoms with E-state index in [1.54, 1.807) is 48.8 Å². The fraction of sp³-hybridized carbons (Fsp3) is 0.481. The maximum Gasteiger partial charge on any atom is 0.254 e. The van der Waals surface area contributed by atoms with Gasteiger partial charge in [-0.15, -0.1) is 11.3 Å². The highest BCUT2D eigenvalue weighted by Gasteiger charge is 2.67. The number of aromatic hydroxyl groups is 1. The summed E-state index contributed by atoms with van der Waals surface area (Å²) >= 11 is 7.73. The molecule has 2 fully saturated rings. The first kappa shape index (κ1) is 51.1. The lowest BCUT2D eigenvalue weighted by atomic mass is 9.49. The monoisotopic (exact) mass is 974 g/mol. The minimum absolute atomic E-state index is 0.0242. The number of carbonyl (C=O) groups excluding carboxylic acids is 4. The second-order valence-electron chi connectivity index (χ2n) is 20.9. The molecule has 1 aliphatic carbocycles. The quantitative estimate of drug-likeness (QED) is 0.0627. The number of halogens is 1. The van der Waals surface area contributed by atoms with Crippen LogP contribution in [0.25, 0.3) is 10.4 Å². The number of unbranched alkanes of at least 4 members (excludes halogenated alkanes) is 2. The summed E-state index contributed by atoms with van der Waals surface area (Å²) in [7, 11) is 0. The van der Waals surface area contributed by atoms with Gasteiger partial charge in [0, 0.05) is 59.2 Å². The summed E-state index contributed by atoms with van der Waals surface area (Å²) in [5.74, 6) is 5.51. The Morgan fingerprint density at radius 3 is 2.45 bits per heavy atom. The van der Waals surface area contributed by atoms with Gasteiger partial charge in [0.2, 0.25) is 11.8 Å². The van der Waals surface area contributed by atoms with Crippen LogP contribution in [0.2, 0.25) is 5.02 Å². The average molecular weight is 976 g/mol. The Bertz CT molecular complexity index is 2720. The molecule has 0 radical (unpaired) electrons. The summed E-state index contributed by atoms with van der Waals surface area (Å²) in [6.45, 7) is 18.7. The van der Waals surface area contributed by atoms with Crippen LogP contribution in [0, 0.1) is 46.3 Å². The van der Waals surface area contributed by atoms with Gasteiger partial charge in [0.25, 0.3) is 5.91 Å². The van der Waals surface area contributed by atoms with Crippen molar-refractivity contribution in [2.45, 2.75) is 131 Å². The molecule has 4 N–H and O–H groups in total. The van der Waals surface area contributed by atoms with Crippen LogP contribution in [0.3, 0.4) is 0 Å². The average Bonchev–Trinajstić information content (AvgIpc) is 4.06. The number of nitrogens with one attached hydrogen (secondary N) is 3. The lowest BCUT2D eigenvalue weighted by Crippen LogP contribution is -2.74. The molecule has 3 atom stereocenters. The lowest BCUT2D eigenvalue weighted by Gasteiger charge is -2.65. The minimum Gasteiger partial charge on any atom is -0.508 e. The lowest BCUT2D eigenvalue weighted by molar-refractivity contribution is -0.199. The molecule has 2 aliphatic heterocycles. The van der Waals surface area contributed by atoms with Crippen LogP contribution in [0.4, 0.5) is 0 Å². The third-order valence-corrected chi connectivity index (χ3v) is 15.1. The Balaban J connectivity index is 0.911. The topological polar surface area (TPSA) is 183 Å². The van der Waals surface area contributed by atoms with E-state index in [0.717, 1.165) is 40.1 Å². The number of rotatable bonds is 16. The number of aromatic nitrogens is 1. The van der Waals surface area contributed by atoms with E-state index in [1.807, 2.05) is 50.8 Å². The van der Waals surface area contributed by atoms with Crippen molar-refractivity contribution in [2.24, 2.45) is 16.2 Å². The number of ether oxygens (including phenoxy) is 2. The zero-order chi connectivity index (χ0) is 50.1. The van der Waals surface area contributed by atoms with E-state index in [1.165, 1.54) is 11.3 Å². The number of phenolic OH excluding ortho intramolecular Hbond substituents is 1. The molecule has 364 valence electrons. The molecule has 3 aliphatic rings. The number of fused-ring (bicyclic) bond motifs is 1. The number of phenols is 1. The van der Waals surface area contributed by atoms with E-state index in [9.17, 15) is 29.5 Å². The van der Waals surface area contributed by atoms with Crippen molar-refractivity contribution in [1.29, 1.82) is 5.26 Å². The van der Waals surface area contributed by atoms with E-state index in [-0.39, 0.29) is 52.7 Å². The number of ketones is 1. The van der Waals surface area contributed by atoms with Crippen molar-refractivity contribution in [3.63, 3.8) is 0 Å². The van der Waals surface area contributed by atoms with Gasteiger partial charge in [-0.25, -0.2) is 4.98 Å². The Labute approximate surface area is 414 Å². The maximum atomic E-state index is 14.8. The fourth-order valence-corrected chi connectivity index (χ4v) is 11.7. The van der Waals surface area contributed by atoms with E-state index in [2.05, 4.69) is 66.5 Å². The molecule has 3 amide bonds. The minimum atomic E-state index is -1.70. The van der Waals surface area contributed by atoms with Gasteiger partial charge in [-0.1, -0.05) is 90.1 Å². The van der Waals surface area contributed by atoms with E-state index < -0.39 is 34.7 Å². The van der Waals surface area contributed by atoms with Gasteiger partial charge in [-0.2, -0.15) is 5.26 Å². The van der Waals surface area contributed by atoms with E-state index >= 15 is 0 Å². The van der Waals surface area contributed by atoms with Crippen LogP contribution in [-0.4, -0.2) is 82.5 Å². The highest BCUT2D eigenvalue weighted by Crippen LogP contribution is 2.59. The van der Waals surface area contributed by atoms with Crippen molar-refractivity contribution >= 4 is 46.4 Å². The molecule has 15 heteroatoms. The Kier molecular flexibility index (Phi) is 15.0. The molecule has 13 nitrogen and oxygen atoms in total. The molecule has 1 unspecified atom stereocenters. The summed E-state index contributed by atoms with van der Waals surface area (Å²) < 4.78 is 12.2. The number of thiazole rings is 1. The number of hydrogen-bond donors (Lipinski definition) is 4. The molecule has 3 aromatic carbocycles. The molecule has 0 spiro atoms. The summed E-state index contributed by atoms with van der Waals surface area (Å²) in [5, 5.41) is 30.1. The van der Waals surface area contributed by atoms with Crippen molar-refractivity contribution in [3.05, 3.63) is 98.6 Å². The third kappa shape index (κ3) is 10.6. The first-order valence-corrected chi connectivity index (χ1v) is 24.8. The summed E-state index contributed by atoms with van der Waals surface area (Å²) in [6, 6.07) is 16.4. The zero-order valence-electron chi connectivity index (χ0n) is 41.0. The number of Topliss-reactive ketones (excluding diaryl/α,β-unsaturated/α-hetero) is 1. The van der Waals surface area contributed by atoms with Crippen LogP contribution in [-0.2, 0) is 31.2 Å². The molecule has 1 aromatic heterocycles. The molecule has 3 heterocycles. The predicted octanol–water partition coefficient (Wildman–Crippen LogP) is 8.61. The third-order valence-electron chi connectivity index (χ3n) is 13.9. The van der Waals surface area contributed by atoms with Gasteiger partial charge in [-0.3, -0.25) is 19.2 Å². The van der Waals surface area contributed by atoms with E-state index in [4.69, 9.17) is 21.1 Å². The maximum absolute atomic E-state index is 14.8. The first-order chi connectivity index (χ1) is 32.6. The Morgan fingerprint density at radius 2 is 1.81 bits per heavy atom. The summed E-state index contributed by atoms with van der Waals surface area (Å²) in [4.78, 5) is 63.0. The standard InChI is InChI=1S/C54H63ClN6O7S/c1-32-44(69-31-58-32)34-20-22-39(42(62)26-34)54(9,60-47(65)41-16-14-23-57-41)46(64)45(51(2,3)4)59-43(63)30-67-24-13-11-10-12-15-33-17-18-36-29-61(48(66)38(36)25-33)49-52(5,6)50(53(49,7)8)68-37-21-19-35(28-56)40(55)27-37/h17-22,25-27,31,41,45,49-50,57,62H,10-11,13-14,16,23-24,29-30H2,1-9H3,(H,59,63)(H,60,65)/t41?,45-,49?,50?,54+/m1/s1. The van der Waals surface area contributed by atoms with Crippen LogP contribution in [0.1, 0.15) is 126 Å². The van der Waals surface area contributed by atoms with Gasteiger partial charge >= 0.3 is 0 Å². The number of hydrogen-bond acceptors (Lipinski definition) is 11. The second kappa shape index (κ2) is 20.3. The van der Waals surface area contributed by atoms with Crippen LogP contribution < -0.4 is 20.7 Å². The van der Waals surface area contributed by atoms with Crippen LogP contribution >= 0.6 is 22.9 Å². The van der Waals surface area contributed by atoms with Crippen molar-refractivity contribution < 1.29 is 33.8 Å². The van der Waals surface area contributed by atoms with E-state index in [0.29, 0.717) is 60.9 Å². The van der Waals surface area contributed by atoms with Crippen molar-refractivity contribution in [2.75, 3.05) is 19.8 Å². The molecular formula is C54H63ClN6O7S. The van der Waals surface area contributed by atoms with Crippen molar-refractivity contribution in [3.8, 4) is 39.8 Å². The summed E-state index contributed by atoms with van der Waals surface area (Å²) in [5.41, 5.74) is 3.03. The van der Waals surface area contributed by atoms with Crippen molar-refractivity contribution in [1.82, 2.24) is 25.8 Å². The molecular weight excluding hydrogens is 912 g/mol. The molecule has 4 aromatic rings. The number of nitriles is 1. The second-order valence-corrected chi connectivity index (χ2v) is 22.2. The molecule has 69 heavy (non-hydrogen) atoms. The fourth-order valence-electron chi connectivity index (χ4n) is 10.7. The SMILES string of the molecule is Cc1ncsc1-c1ccc([C@](C)(NC(=O)C2CCCN2)C(=O)[C@@H](NC(=O)COCCCCC#Cc2ccc3c(c2)C(=O)N(C2C(C)(C)C(Oc4ccc(C#N)c(Cl)c4)C2(C)C)C3)C(C)(C)C)c(O)c1. The Hall–Kier alpha value is -5.77. The largest absolute Gasteiger partial charge is 0.508 e. The zero-order valence-corrected chi connectivity index (χ0v) is 42.5. The van der Waals surface area contributed by atoms with Crippen LogP contribution in [0.5, 0.6) is 11.5 Å². The first-order valence-electron chi connectivity index (χ1n) is 23.6. The molecule has 0 bridgehead atoms. The number of nitrogens with zero attached hydrogens (tertiary/aromatic N) is 3. The number of benzene rings is 3. The van der Waals surface area contributed by atoms with Gasteiger partial charge < -0.3 is 35.4 Å². The van der Waals surface area contributed by atoms with Gasteiger partial charge in [-0.05, 0) is 92.9 Å². The molecule has 1 saturated carbocycles. The number of carbonyl (C=O) groups is 4. The van der Waals surface area contributed by atoms with Gasteiger partial charge in [0.15, 0.2) is 5.78 Å². The number of amides is 3. The van der Waals surface area contributed by atoms with Gasteiger partial charge in [0.05, 0.1) is 38.8 Å². The highest BCUT2D eigenvalue weighted by atomic mass is 35.5. The molecule has 1 saturated heterocycles. The molecule has 7 rings (SSSR count). The summed E-state index contributed by atoms with van der Waals surface area (Å²) in [6.07, 6.45) is 3.18. The normalized spacial score (nSPS) is 20.3. The van der Waals surface area contributed by atoms with Gasteiger partial charge in [0.1, 0.15) is 35.8 Å². The number of aryl methyl sites for hydroxylation is 1. The highest BCUT2D eigenvalue weighted by molar-refractivity contribution is 7.13.